The van der Waals surface area contributed by atoms with Gasteiger partial charge in [0, 0.05) is 5.56 Å². The van der Waals surface area contributed by atoms with E-state index in [0.29, 0.717) is 11.5 Å². The van der Waals surface area contributed by atoms with Crippen LogP contribution in [0.5, 0.6) is 0 Å². The number of rotatable bonds is 1. The predicted molar refractivity (Wildman–Crippen MR) is 73.2 cm³/mol. The van der Waals surface area contributed by atoms with Gasteiger partial charge in [-0.1, -0.05) is 18.2 Å². The highest BCUT2D eigenvalue weighted by atomic mass is 15.0. The molecule has 3 N–H and O–H groups in total. The Balaban J connectivity index is 2.22. The van der Waals surface area contributed by atoms with Crippen LogP contribution in [0.4, 0.5) is 5.82 Å². The normalized spacial score (nSPS) is 11.0. The highest BCUT2D eigenvalue weighted by Crippen LogP contribution is 2.24. The third-order valence-corrected chi connectivity index (χ3v) is 3.23. The number of hydrogen-bond acceptors (Lipinski definition) is 3. The van der Waals surface area contributed by atoms with E-state index in [1.54, 1.807) is 6.07 Å². The lowest BCUT2D eigenvalue weighted by molar-refractivity contribution is 1.26. The molecule has 0 radical (unpaired) electrons. The van der Waals surface area contributed by atoms with E-state index in [1.165, 1.54) is 11.1 Å². The summed E-state index contributed by atoms with van der Waals surface area (Å²) in [6, 6.07) is 9.86. The highest BCUT2D eigenvalue weighted by molar-refractivity contribution is 5.78. The van der Waals surface area contributed by atoms with Crippen molar-refractivity contribution < 1.29 is 0 Å². The molecule has 0 atom stereocenters. The van der Waals surface area contributed by atoms with Gasteiger partial charge in [0.05, 0.1) is 5.52 Å². The first-order valence-electron chi connectivity index (χ1n) is 5.84. The number of hydrogen-bond donors (Lipinski definition) is 2. The molecule has 4 heteroatoms. The van der Waals surface area contributed by atoms with Gasteiger partial charge in [-0.2, -0.15) is 0 Å². The summed E-state index contributed by atoms with van der Waals surface area (Å²) >= 11 is 0. The van der Waals surface area contributed by atoms with Gasteiger partial charge < -0.3 is 10.7 Å². The molecule has 2 heterocycles. The Morgan fingerprint density at radius 2 is 1.89 bits per heavy atom. The van der Waals surface area contributed by atoms with Crippen LogP contribution in [0.1, 0.15) is 11.1 Å². The van der Waals surface area contributed by atoms with Crippen LogP contribution in [-0.4, -0.2) is 15.0 Å². The summed E-state index contributed by atoms with van der Waals surface area (Å²) in [7, 11) is 0. The summed E-state index contributed by atoms with van der Waals surface area (Å²) in [5.74, 6) is 1.32. The van der Waals surface area contributed by atoms with Crippen molar-refractivity contribution in [1.29, 1.82) is 0 Å². The smallest absolute Gasteiger partial charge is 0.180 e. The summed E-state index contributed by atoms with van der Waals surface area (Å²) in [5, 5.41) is 0. The molecule has 18 heavy (non-hydrogen) atoms. The van der Waals surface area contributed by atoms with Gasteiger partial charge in [-0.05, 0) is 37.1 Å². The van der Waals surface area contributed by atoms with Crippen molar-refractivity contribution in [2.45, 2.75) is 13.8 Å². The predicted octanol–water partition coefficient (Wildman–Crippen LogP) is 2.82. The lowest BCUT2D eigenvalue weighted by Crippen LogP contribution is -1.89. The topological polar surface area (TPSA) is 67.6 Å². The molecule has 1 aromatic carbocycles. The summed E-state index contributed by atoms with van der Waals surface area (Å²) in [6.07, 6.45) is 0. The van der Waals surface area contributed by atoms with Crippen molar-refractivity contribution in [2.24, 2.45) is 0 Å². The van der Waals surface area contributed by atoms with Crippen LogP contribution in [0.2, 0.25) is 0 Å². The zero-order valence-electron chi connectivity index (χ0n) is 10.4. The van der Waals surface area contributed by atoms with Gasteiger partial charge >= 0.3 is 0 Å². The number of aromatic amines is 1. The Morgan fingerprint density at radius 1 is 1.06 bits per heavy atom. The SMILES string of the molecule is Cc1cccc(-c2nc3nc(N)ccc3[nH]2)c1C. The van der Waals surface area contributed by atoms with E-state index in [4.69, 9.17) is 5.73 Å². The Labute approximate surface area is 105 Å². The number of imidazole rings is 1. The van der Waals surface area contributed by atoms with E-state index >= 15 is 0 Å². The fraction of sp³-hybridized carbons (Fsp3) is 0.143. The van der Waals surface area contributed by atoms with Crippen molar-refractivity contribution in [3.05, 3.63) is 41.5 Å². The van der Waals surface area contributed by atoms with Crippen LogP contribution in [0.15, 0.2) is 30.3 Å². The number of nitrogens with one attached hydrogen (secondary N) is 1. The van der Waals surface area contributed by atoms with Crippen molar-refractivity contribution in [3.8, 4) is 11.4 Å². The fourth-order valence-corrected chi connectivity index (χ4v) is 2.04. The summed E-state index contributed by atoms with van der Waals surface area (Å²) in [6.45, 7) is 4.19. The number of benzene rings is 1. The van der Waals surface area contributed by atoms with Gasteiger partial charge in [-0.15, -0.1) is 0 Å². The monoisotopic (exact) mass is 238 g/mol. The minimum Gasteiger partial charge on any atom is -0.384 e. The highest BCUT2D eigenvalue weighted by Gasteiger charge is 2.09. The van der Waals surface area contributed by atoms with Crippen LogP contribution >= 0.6 is 0 Å². The molecular weight excluding hydrogens is 224 g/mol. The lowest BCUT2D eigenvalue weighted by atomic mass is 10.0. The molecule has 0 aliphatic carbocycles. The molecular formula is C14H14N4. The van der Waals surface area contributed by atoms with Gasteiger partial charge in [0.2, 0.25) is 0 Å². The Morgan fingerprint density at radius 3 is 2.72 bits per heavy atom. The van der Waals surface area contributed by atoms with Crippen LogP contribution in [0.3, 0.4) is 0 Å². The maximum atomic E-state index is 5.66. The average Bonchev–Trinajstić information content (AvgIpc) is 2.75. The molecule has 0 saturated carbocycles. The largest absolute Gasteiger partial charge is 0.384 e. The van der Waals surface area contributed by atoms with Gasteiger partial charge in [-0.3, -0.25) is 0 Å². The zero-order valence-corrected chi connectivity index (χ0v) is 10.4. The van der Waals surface area contributed by atoms with E-state index in [2.05, 4.69) is 40.9 Å². The molecule has 0 aliphatic heterocycles. The maximum Gasteiger partial charge on any atom is 0.180 e. The first-order valence-corrected chi connectivity index (χ1v) is 5.84. The number of pyridine rings is 1. The first-order chi connectivity index (χ1) is 8.65. The molecule has 2 aromatic heterocycles. The van der Waals surface area contributed by atoms with Crippen LogP contribution in [-0.2, 0) is 0 Å². The number of anilines is 1. The van der Waals surface area contributed by atoms with Crippen molar-refractivity contribution in [2.75, 3.05) is 5.73 Å². The Kier molecular flexibility index (Phi) is 2.30. The number of aryl methyl sites for hydroxylation is 1. The maximum absolute atomic E-state index is 5.66. The number of nitrogens with zero attached hydrogens (tertiary/aromatic N) is 2. The minimum absolute atomic E-state index is 0.488. The van der Waals surface area contributed by atoms with Crippen molar-refractivity contribution >= 4 is 17.0 Å². The second-order valence-electron chi connectivity index (χ2n) is 4.44. The molecule has 4 nitrogen and oxygen atoms in total. The first kappa shape index (κ1) is 10.8. The lowest BCUT2D eigenvalue weighted by Gasteiger charge is -2.04. The summed E-state index contributed by atoms with van der Waals surface area (Å²) in [4.78, 5) is 12.0. The molecule has 0 saturated heterocycles. The third-order valence-electron chi connectivity index (χ3n) is 3.23. The molecule has 0 bridgehead atoms. The number of nitrogens with two attached hydrogens (primary N) is 1. The molecule has 0 spiro atoms. The van der Waals surface area contributed by atoms with Crippen molar-refractivity contribution in [3.63, 3.8) is 0 Å². The molecule has 90 valence electrons. The fourth-order valence-electron chi connectivity index (χ4n) is 2.04. The summed E-state index contributed by atoms with van der Waals surface area (Å²) in [5.41, 5.74) is 10.8. The average molecular weight is 238 g/mol. The van der Waals surface area contributed by atoms with Crippen molar-refractivity contribution in [1.82, 2.24) is 15.0 Å². The Hall–Kier alpha value is -2.36. The van der Waals surface area contributed by atoms with Crippen LogP contribution in [0.25, 0.3) is 22.6 Å². The molecule has 3 aromatic rings. The van der Waals surface area contributed by atoms with E-state index in [0.717, 1.165) is 16.9 Å². The van der Waals surface area contributed by atoms with E-state index < -0.39 is 0 Å². The van der Waals surface area contributed by atoms with Gasteiger partial charge in [0.25, 0.3) is 0 Å². The number of nitrogen functional groups attached to an aromatic ring is 1. The molecule has 0 unspecified atom stereocenters. The Bertz CT molecular complexity index is 728. The third kappa shape index (κ3) is 1.62. The van der Waals surface area contributed by atoms with Crippen LogP contribution < -0.4 is 5.73 Å². The quantitative estimate of drug-likeness (QED) is 0.685. The van der Waals surface area contributed by atoms with E-state index in [-0.39, 0.29) is 0 Å². The van der Waals surface area contributed by atoms with Gasteiger partial charge in [0.1, 0.15) is 11.6 Å². The van der Waals surface area contributed by atoms with Gasteiger partial charge in [0.15, 0.2) is 5.65 Å². The number of aromatic nitrogens is 3. The molecule has 3 rings (SSSR count). The summed E-state index contributed by atoms with van der Waals surface area (Å²) < 4.78 is 0. The molecule has 0 fully saturated rings. The van der Waals surface area contributed by atoms with E-state index in [9.17, 15) is 0 Å². The minimum atomic E-state index is 0.488. The second kappa shape index (κ2) is 3.84. The standard InChI is InChI=1S/C14H14N4/c1-8-4-3-5-10(9(8)2)13-16-11-6-7-12(15)17-14(11)18-13/h3-7H,1-2H3,(H3,15,16,17,18). The number of H-pyrrole nitrogens is 1. The number of fused-ring (bicyclic) bond motifs is 1. The van der Waals surface area contributed by atoms with E-state index in [1.807, 2.05) is 12.1 Å². The molecule has 0 amide bonds. The second-order valence-corrected chi connectivity index (χ2v) is 4.44. The van der Waals surface area contributed by atoms with Gasteiger partial charge in [-0.25, -0.2) is 9.97 Å². The van der Waals surface area contributed by atoms with Crippen LogP contribution in [0, 0.1) is 13.8 Å². The molecule has 0 aliphatic rings. The zero-order chi connectivity index (χ0) is 12.7.